The zero-order valence-corrected chi connectivity index (χ0v) is 8.45. The van der Waals surface area contributed by atoms with Crippen molar-refractivity contribution in [1.82, 2.24) is 10.3 Å². The molecule has 0 spiro atoms. The van der Waals surface area contributed by atoms with Crippen LogP contribution in [-0.4, -0.2) is 23.0 Å². The Morgan fingerprint density at radius 1 is 1.50 bits per heavy atom. The molecule has 0 saturated carbocycles. The number of amides is 1. The van der Waals surface area contributed by atoms with E-state index in [-0.39, 0.29) is 11.4 Å². The molecule has 1 amide bonds. The van der Waals surface area contributed by atoms with E-state index >= 15 is 0 Å². The Morgan fingerprint density at radius 3 is 2.57 bits per heavy atom. The lowest BCUT2D eigenvalue weighted by molar-refractivity contribution is 0.0946. The van der Waals surface area contributed by atoms with Crippen molar-refractivity contribution in [2.45, 2.75) is 19.4 Å². The SMILES string of the molecule is CC(C)(N)CNC(=O)c1ccncc1. The summed E-state index contributed by atoms with van der Waals surface area (Å²) in [5.74, 6) is -0.120. The molecule has 3 N–H and O–H groups in total. The van der Waals surface area contributed by atoms with Crippen molar-refractivity contribution in [2.24, 2.45) is 5.73 Å². The average molecular weight is 193 g/mol. The van der Waals surface area contributed by atoms with Gasteiger partial charge in [0.2, 0.25) is 0 Å². The predicted octanol–water partition coefficient (Wildman–Crippen LogP) is 0.549. The van der Waals surface area contributed by atoms with E-state index < -0.39 is 0 Å². The second kappa shape index (κ2) is 4.19. The molecule has 1 aromatic heterocycles. The van der Waals surface area contributed by atoms with Gasteiger partial charge in [0, 0.05) is 30.0 Å². The maximum Gasteiger partial charge on any atom is 0.251 e. The number of pyridine rings is 1. The van der Waals surface area contributed by atoms with Crippen LogP contribution in [0.4, 0.5) is 0 Å². The third-order valence-corrected chi connectivity index (χ3v) is 1.65. The highest BCUT2D eigenvalue weighted by Gasteiger charge is 2.12. The van der Waals surface area contributed by atoms with Gasteiger partial charge in [0.25, 0.3) is 5.91 Å². The number of nitrogens with two attached hydrogens (primary N) is 1. The summed E-state index contributed by atoms with van der Waals surface area (Å²) in [6, 6.07) is 3.33. The largest absolute Gasteiger partial charge is 0.350 e. The summed E-state index contributed by atoms with van der Waals surface area (Å²) in [6.07, 6.45) is 3.17. The summed E-state index contributed by atoms with van der Waals surface area (Å²) >= 11 is 0. The molecular weight excluding hydrogens is 178 g/mol. The summed E-state index contributed by atoms with van der Waals surface area (Å²) < 4.78 is 0. The number of carbonyl (C=O) groups is 1. The third kappa shape index (κ3) is 3.53. The van der Waals surface area contributed by atoms with Crippen molar-refractivity contribution < 1.29 is 4.79 Å². The Bertz CT molecular complexity index is 303. The molecule has 0 atom stereocenters. The lowest BCUT2D eigenvalue weighted by atomic mass is 10.1. The Labute approximate surface area is 83.5 Å². The van der Waals surface area contributed by atoms with Crippen molar-refractivity contribution in [3.8, 4) is 0 Å². The van der Waals surface area contributed by atoms with Crippen LogP contribution in [0, 0.1) is 0 Å². The molecule has 0 aliphatic rings. The molecule has 4 nitrogen and oxygen atoms in total. The highest BCUT2D eigenvalue weighted by atomic mass is 16.1. The van der Waals surface area contributed by atoms with Gasteiger partial charge in [0.15, 0.2) is 0 Å². The smallest absolute Gasteiger partial charge is 0.251 e. The highest BCUT2D eigenvalue weighted by Crippen LogP contribution is 1.98. The topological polar surface area (TPSA) is 68.0 Å². The van der Waals surface area contributed by atoms with Crippen LogP contribution in [0.5, 0.6) is 0 Å². The first-order valence-corrected chi connectivity index (χ1v) is 4.46. The van der Waals surface area contributed by atoms with Crippen molar-refractivity contribution in [1.29, 1.82) is 0 Å². The molecule has 0 aliphatic heterocycles. The van der Waals surface area contributed by atoms with Crippen LogP contribution >= 0.6 is 0 Å². The zero-order chi connectivity index (χ0) is 10.6. The standard InChI is InChI=1S/C10H15N3O/c1-10(2,11)7-13-9(14)8-3-5-12-6-4-8/h3-6H,7,11H2,1-2H3,(H,13,14). The van der Waals surface area contributed by atoms with Gasteiger partial charge in [-0.1, -0.05) is 0 Å². The van der Waals surface area contributed by atoms with Crippen LogP contribution in [0.2, 0.25) is 0 Å². The molecule has 1 aromatic rings. The minimum Gasteiger partial charge on any atom is -0.350 e. The van der Waals surface area contributed by atoms with Gasteiger partial charge in [-0.15, -0.1) is 0 Å². The van der Waals surface area contributed by atoms with Crippen LogP contribution in [0.1, 0.15) is 24.2 Å². The summed E-state index contributed by atoms with van der Waals surface area (Å²) in [7, 11) is 0. The maximum absolute atomic E-state index is 11.5. The van der Waals surface area contributed by atoms with E-state index in [2.05, 4.69) is 10.3 Å². The van der Waals surface area contributed by atoms with Gasteiger partial charge in [0.05, 0.1) is 0 Å². The van der Waals surface area contributed by atoms with Gasteiger partial charge < -0.3 is 11.1 Å². The molecule has 0 bridgehead atoms. The van der Waals surface area contributed by atoms with Gasteiger partial charge in [-0.3, -0.25) is 9.78 Å². The van der Waals surface area contributed by atoms with Crippen LogP contribution in [-0.2, 0) is 0 Å². The Balaban J connectivity index is 2.52. The lowest BCUT2D eigenvalue weighted by Crippen LogP contribution is -2.45. The number of aromatic nitrogens is 1. The monoisotopic (exact) mass is 193 g/mol. The molecule has 0 unspecified atom stereocenters. The zero-order valence-electron chi connectivity index (χ0n) is 8.45. The van der Waals surface area contributed by atoms with Crippen LogP contribution < -0.4 is 11.1 Å². The van der Waals surface area contributed by atoms with Gasteiger partial charge in [-0.2, -0.15) is 0 Å². The van der Waals surface area contributed by atoms with Gasteiger partial charge in [0.1, 0.15) is 0 Å². The fraction of sp³-hybridized carbons (Fsp3) is 0.400. The summed E-state index contributed by atoms with van der Waals surface area (Å²) in [5.41, 5.74) is 5.95. The number of rotatable bonds is 3. The Hall–Kier alpha value is -1.42. The summed E-state index contributed by atoms with van der Waals surface area (Å²) in [5, 5.41) is 2.75. The molecule has 0 saturated heterocycles. The molecule has 1 heterocycles. The number of carbonyl (C=O) groups excluding carboxylic acids is 1. The molecule has 4 heteroatoms. The average Bonchev–Trinajstić information content (AvgIpc) is 2.14. The summed E-state index contributed by atoms with van der Waals surface area (Å²) in [6.45, 7) is 4.17. The fourth-order valence-electron chi connectivity index (χ4n) is 0.913. The van der Waals surface area contributed by atoms with Crippen molar-refractivity contribution >= 4 is 5.91 Å². The number of hydrogen-bond donors (Lipinski definition) is 2. The van der Waals surface area contributed by atoms with E-state index in [1.165, 1.54) is 0 Å². The lowest BCUT2D eigenvalue weighted by Gasteiger charge is -2.18. The first-order valence-electron chi connectivity index (χ1n) is 4.46. The van der Waals surface area contributed by atoms with Crippen LogP contribution in [0.3, 0.4) is 0 Å². The number of hydrogen-bond acceptors (Lipinski definition) is 3. The van der Waals surface area contributed by atoms with E-state index in [1.54, 1.807) is 24.5 Å². The molecule has 0 fully saturated rings. The molecule has 0 aromatic carbocycles. The van der Waals surface area contributed by atoms with Crippen molar-refractivity contribution in [3.05, 3.63) is 30.1 Å². The fourth-order valence-corrected chi connectivity index (χ4v) is 0.913. The molecule has 0 aliphatic carbocycles. The van der Waals surface area contributed by atoms with Crippen LogP contribution in [0.15, 0.2) is 24.5 Å². The normalized spacial score (nSPS) is 11.1. The second-order valence-corrected chi connectivity index (χ2v) is 3.91. The molecule has 76 valence electrons. The highest BCUT2D eigenvalue weighted by molar-refractivity contribution is 5.93. The van der Waals surface area contributed by atoms with E-state index in [1.807, 2.05) is 13.8 Å². The van der Waals surface area contributed by atoms with Gasteiger partial charge in [-0.25, -0.2) is 0 Å². The van der Waals surface area contributed by atoms with E-state index in [0.717, 1.165) is 0 Å². The number of nitrogens with one attached hydrogen (secondary N) is 1. The minimum atomic E-state index is -0.386. The molecular formula is C10H15N3O. The van der Waals surface area contributed by atoms with E-state index in [4.69, 9.17) is 5.73 Å². The van der Waals surface area contributed by atoms with Gasteiger partial charge in [-0.05, 0) is 26.0 Å². The predicted molar refractivity (Wildman–Crippen MR) is 54.8 cm³/mol. The Morgan fingerprint density at radius 2 is 2.07 bits per heavy atom. The molecule has 0 radical (unpaired) electrons. The minimum absolute atomic E-state index is 0.120. The number of nitrogens with zero attached hydrogens (tertiary/aromatic N) is 1. The molecule has 14 heavy (non-hydrogen) atoms. The van der Waals surface area contributed by atoms with Gasteiger partial charge >= 0.3 is 0 Å². The maximum atomic E-state index is 11.5. The first-order chi connectivity index (χ1) is 6.49. The van der Waals surface area contributed by atoms with Crippen LogP contribution in [0.25, 0.3) is 0 Å². The quantitative estimate of drug-likeness (QED) is 0.736. The third-order valence-electron chi connectivity index (χ3n) is 1.65. The van der Waals surface area contributed by atoms with Crippen molar-refractivity contribution in [2.75, 3.05) is 6.54 Å². The first kappa shape index (κ1) is 10.7. The van der Waals surface area contributed by atoms with E-state index in [0.29, 0.717) is 12.1 Å². The van der Waals surface area contributed by atoms with E-state index in [9.17, 15) is 4.79 Å². The van der Waals surface area contributed by atoms with Crippen molar-refractivity contribution in [3.63, 3.8) is 0 Å². The molecule has 1 rings (SSSR count). The Kier molecular flexibility index (Phi) is 3.19. The second-order valence-electron chi connectivity index (χ2n) is 3.91. The summed E-state index contributed by atoms with van der Waals surface area (Å²) in [4.78, 5) is 15.3.